The van der Waals surface area contributed by atoms with Crippen molar-refractivity contribution in [3.05, 3.63) is 151 Å². The van der Waals surface area contributed by atoms with Gasteiger partial charge in [-0.15, -0.1) is 22.7 Å². The average Bonchev–Trinajstić information content (AvgIpc) is 4.13. The number of rotatable bonds is 11. The lowest BCUT2D eigenvalue weighted by Crippen LogP contribution is -2.25. The Morgan fingerprint density at radius 1 is 0.631 bits per heavy atom. The maximum Gasteiger partial charge on any atom is 0.471 e. The predicted molar refractivity (Wildman–Crippen MR) is 230 cm³/mol. The number of amides is 1. The molecule has 0 radical (unpaired) electrons. The SMILES string of the molecule is NCCc1nc(-c2ccc(Cl)cc2)cs1.O=C(NCCc1nc(-c2ccc(Cl)cc2)cs1)c1cccc(-c2noc(C(F)(F)F)n2)c1.O=C(O)c1cccc(-c2noc(C(F)(F)F)n2)c1. The Kier molecular flexibility index (Phi) is 15.8. The Morgan fingerprint density at radius 3 is 1.51 bits per heavy atom. The van der Waals surface area contributed by atoms with Crippen molar-refractivity contribution in [2.75, 3.05) is 13.1 Å². The molecule has 0 unspecified atom stereocenters. The predicted octanol–water partition coefficient (Wildman–Crippen LogP) is 10.9. The Labute approximate surface area is 381 Å². The minimum absolute atomic E-state index is 0.0779. The lowest BCUT2D eigenvalue weighted by Gasteiger charge is -2.05. The Balaban J connectivity index is 0.000000178. The Hall–Kier alpha value is -6.52. The summed E-state index contributed by atoms with van der Waals surface area (Å²) in [6, 6.07) is 26.3. The van der Waals surface area contributed by atoms with Crippen molar-refractivity contribution in [2.24, 2.45) is 5.73 Å². The Morgan fingerprint density at radius 2 is 1.08 bits per heavy atom. The molecule has 1 amide bonds. The molecule has 0 aliphatic carbocycles. The van der Waals surface area contributed by atoms with Crippen LogP contribution in [0.15, 0.2) is 117 Å². The number of halogens is 8. The summed E-state index contributed by atoms with van der Waals surface area (Å²) in [7, 11) is 0. The topological polar surface area (TPSA) is 196 Å². The lowest BCUT2D eigenvalue weighted by atomic mass is 10.1. The molecule has 0 saturated carbocycles. The first-order valence-electron chi connectivity index (χ1n) is 18.6. The average molecular weight is 976 g/mol. The van der Waals surface area contributed by atoms with Crippen LogP contribution >= 0.6 is 45.9 Å². The summed E-state index contributed by atoms with van der Waals surface area (Å²) >= 11 is 14.9. The smallest absolute Gasteiger partial charge is 0.471 e. The standard InChI is InChI=1S/C21H14ClF3N4O2S.C11H11ClN2S.C10H5F3N2O3/c22-15-6-4-12(5-7-15)16-11-32-17(27-16)8-9-26-19(30)14-3-1-2-13(10-14)18-28-20(31-29-18)21(23,24)25;12-9-3-1-8(2-4-9)10-7-15-11(14-10)5-6-13;11-10(12,13)9-14-7(15-18-9)5-2-1-3-6(4-5)8(16)17/h1-7,10-11H,8-9H2,(H,26,30);1-4,7H,5-6,13H2;1-4H,(H,16,17). The van der Waals surface area contributed by atoms with Crippen LogP contribution in [0.2, 0.25) is 10.0 Å². The molecule has 0 fully saturated rings. The van der Waals surface area contributed by atoms with Crippen molar-refractivity contribution in [1.29, 1.82) is 0 Å². The molecule has 4 heterocycles. The van der Waals surface area contributed by atoms with E-state index in [1.165, 1.54) is 47.7 Å². The third-order valence-corrected chi connectivity index (χ3v) is 10.8. The number of nitrogens with one attached hydrogen (secondary N) is 1. The third-order valence-electron chi connectivity index (χ3n) is 8.45. The van der Waals surface area contributed by atoms with Gasteiger partial charge in [-0.05, 0) is 55.1 Å². The van der Waals surface area contributed by atoms with Crippen LogP contribution in [0.4, 0.5) is 26.3 Å². The number of carboxylic acid groups (broad SMARTS) is 1. The summed E-state index contributed by atoms with van der Waals surface area (Å²) in [5, 5.41) is 25.3. The number of nitrogens with zero attached hydrogens (tertiary/aromatic N) is 6. The van der Waals surface area contributed by atoms with E-state index in [1.807, 2.05) is 47.2 Å². The van der Waals surface area contributed by atoms with Gasteiger partial charge in [-0.2, -0.15) is 36.3 Å². The number of aromatic carboxylic acids is 1. The number of aromatic nitrogens is 6. The zero-order valence-electron chi connectivity index (χ0n) is 32.9. The first kappa shape index (κ1) is 47.9. The number of benzene rings is 4. The highest BCUT2D eigenvalue weighted by Crippen LogP contribution is 2.31. The molecule has 0 aliphatic heterocycles. The van der Waals surface area contributed by atoms with Gasteiger partial charge < -0.3 is 25.2 Å². The molecule has 4 aromatic heterocycles. The van der Waals surface area contributed by atoms with Crippen molar-refractivity contribution in [2.45, 2.75) is 25.2 Å². The van der Waals surface area contributed by atoms with Crippen LogP contribution in [0.1, 0.15) is 42.5 Å². The van der Waals surface area contributed by atoms with Gasteiger partial charge in [0, 0.05) is 68.0 Å². The van der Waals surface area contributed by atoms with Crippen LogP contribution in [0.3, 0.4) is 0 Å². The molecule has 23 heteroatoms. The van der Waals surface area contributed by atoms with Gasteiger partial charge in [-0.25, -0.2) is 14.8 Å². The fourth-order valence-corrected chi connectivity index (χ4v) is 7.25. The lowest BCUT2D eigenvalue weighted by molar-refractivity contribution is -0.160. The summed E-state index contributed by atoms with van der Waals surface area (Å²) in [5.41, 5.74) is 9.92. The van der Waals surface area contributed by atoms with Gasteiger partial charge in [-0.1, -0.05) is 82.0 Å². The van der Waals surface area contributed by atoms with Crippen LogP contribution < -0.4 is 11.1 Å². The van der Waals surface area contributed by atoms with Crippen LogP contribution in [-0.2, 0) is 25.2 Å². The quantitative estimate of drug-likeness (QED) is 0.104. The molecule has 0 saturated heterocycles. The second-order valence-electron chi connectivity index (χ2n) is 13.1. The van der Waals surface area contributed by atoms with Gasteiger partial charge in [0.05, 0.1) is 27.0 Å². The summed E-state index contributed by atoms with van der Waals surface area (Å²) in [5.74, 6) is -5.05. The number of alkyl halides is 6. The summed E-state index contributed by atoms with van der Waals surface area (Å²) < 4.78 is 82.9. The van der Waals surface area contributed by atoms with Crippen molar-refractivity contribution < 1.29 is 50.1 Å². The molecule has 0 aliphatic rings. The maximum atomic E-state index is 12.6. The molecule has 8 rings (SSSR count). The highest BCUT2D eigenvalue weighted by molar-refractivity contribution is 7.10. The van der Waals surface area contributed by atoms with Crippen LogP contribution in [0.5, 0.6) is 0 Å². The molecule has 0 atom stereocenters. The van der Waals surface area contributed by atoms with Crippen LogP contribution in [0, 0.1) is 0 Å². The zero-order chi connectivity index (χ0) is 46.7. The van der Waals surface area contributed by atoms with E-state index in [1.54, 1.807) is 29.5 Å². The van der Waals surface area contributed by atoms with E-state index >= 15 is 0 Å². The van der Waals surface area contributed by atoms with Gasteiger partial charge in [0.1, 0.15) is 0 Å². The molecule has 4 N–H and O–H groups in total. The molecule has 4 aromatic carbocycles. The van der Waals surface area contributed by atoms with Crippen molar-refractivity contribution in [1.82, 2.24) is 35.6 Å². The second kappa shape index (κ2) is 21.4. The van der Waals surface area contributed by atoms with E-state index in [0.717, 1.165) is 50.0 Å². The van der Waals surface area contributed by atoms with E-state index in [2.05, 4.69) is 44.6 Å². The summed E-state index contributed by atoms with van der Waals surface area (Å²) in [4.78, 5) is 38.7. The maximum absolute atomic E-state index is 12.6. The summed E-state index contributed by atoms with van der Waals surface area (Å²) in [6.07, 6.45) is -8.08. The number of hydrogen-bond donors (Lipinski definition) is 3. The first-order valence-corrected chi connectivity index (χ1v) is 21.1. The van der Waals surface area contributed by atoms with Crippen LogP contribution in [0.25, 0.3) is 45.3 Å². The van der Waals surface area contributed by atoms with Crippen molar-refractivity contribution in [3.8, 4) is 45.3 Å². The van der Waals surface area contributed by atoms with Crippen LogP contribution in [-0.4, -0.2) is 60.3 Å². The van der Waals surface area contributed by atoms with E-state index < -0.39 is 30.1 Å². The number of carbonyl (C=O) groups excluding carboxylic acids is 1. The minimum atomic E-state index is -4.73. The second-order valence-corrected chi connectivity index (χ2v) is 15.9. The Bertz CT molecular complexity index is 2850. The molecule has 65 heavy (non-hydrogen) atoms. The third kappa shape index (κ3) is 13.5. The monoisotopic (exact) mass is 974 g/mol. The van der Waals surface area contributed by atoms with E-state index in [-0.39, 0.29) is 39.8 Å². The highest BCUT2D eigenvalue weighted by Gasteiger charge is 2.39. The number of carbonyl (C=O) groups is 2. The van der Waals surface area contributed by atoms with Gasteiger partial charge in [0.15, 0.2) is 0 Å². The summed E-state index contributed by atoms with van der Waals surface area (Å²) in [6.45, 7) is 0.991. The fourth-order valence-electron chi connectivity index (χ4n) is 5.37. The molecule has 13 nitrogen and oxygen atoms in total. The first-order chi connectivity index (χ1) is 31.0. The molecule has 8 aromatic rings. The fraction of sp³-hybridized carbons (Fsp3) is 0.143. The van der Waals surface area contributed by atoms with E-state index in [0.29, 0.717) is 24.5 Å². The van der Waals surface area contributed by atoms with E-state index in [9.17, 15) is 35.9 Å². The minimum Gasteiger partial charge on any atom is -0.478 e. The normalized spacial score (nSPS) is 11.3. The molecule has 0 spiro atoms. The molecular weight excluding hydrogens is 946 g/mol. The van der Waals surface area contributed by atoms with Gasteiger partial charge in [0.2, 0.25) is 11.6 Å². The molecule has 0 bridgehead atoms. The number of hydrogen-bond acceptors (Lipinski definition) is 13. The van der Waals surface area contributed by atoms with Gasteiger partial charge >= 0.3 is 30.1 Å². The van der Waals surface area contributed by atoms with Crippen molar-refractivity contribution in [3.63, 3.8) is 0 Å². The van der Waals surface area contributed by atoms with Crippen molar-refractivity contribution >= 4 is 57.8 Å². The number of thiazole rings is 2. The molecular formula is C42H30Cl2F6N8O5S2. The van der Waals surface area contributed by atoms with Gasteiger partial charge in [0.25, 0.3) is 5.91 Å². The van der Waals surface area contributed by atoms with Gasteiger partial charge in [-0.3, -0.25) is 4.79 Å². The number of nitrogens with two attached hydrogens (primary N) is 1. The molecule has 336 valence electrons. The highest BCUT2D eigenvalue weighted by atomic mass is 35.5. The number of carboxylic acids is 1. The zero-order valence-corrected chi connectivity index (χ0v) is 36.0. The largest absolute Gasteiger partial charge is 0.478 e. The van der Waals surface area contributed by atoms with E-state index in [4.69, 9.17) is 34.0 Å².